The van der Waals surface area contributed by atoms with Gasteiger partial charge >= 0.3 is 5.97 Å². The third-order valence-electron chi connectivity index (χ3n) is 6.70. The van der Waals surface area contributed by atoms with Crippen molar-refractivity contribution in [1.82, 2.24) is 19.4 Å². The topological polar surface area (TPSA) is 92.5 Å². The first-order chi connectivity index (χ1) is 17.8. The van der Waals surface area contributed by atoms with E-state index >= 15 is 0 Å². The third kappa shape index (κ3) is 4.84. The van der Waals surface area contributed by atoms with E-state index in [9.17, 15) is 14.3 Å². The van der Waals surface area contributed by atoms with Crippen LogP contribution >= 0.6 is 11.6 Å². The van der Waals surface area contributed by atoms with Crippen LogP contribution in [0.15, 0.2) is 42.7 Å². The minimum Gasteiger partial charge on any atom is -0.490 e. The maximum atomic E-state index is 14.0. The Hall–Kier alpha value is -3.69. The van der Waals surface area contributed by atoms with Crippen molar-refractivity contribution >= 4 is 40.1 Å². The fourth-order valence-electron chi connectivity index (χ4n) is 4.81. The largest absolute Gasteiger partial charge is 0.490 e. The molecule has 0 saturated heterocycles. The van der Waals surface area contributed by atoms with E-state index in [1.807, 2.05) is 6.07 Å². The van der Waals surface area contributed by atoms with E-state index in [1.54, 1.807) is 16.8 Å². The average Bonchev–Trinajstić information content (AvgIpc) is 3.60. The number of aromatic nitrogens is 3. The van der Waals surface area contributed by atoms with Gasteiger partial charge in [-0.2, -0.15) is 4.98 Å². The monoisotopic (exact) mass is 521 g/mol. The number of hydrogen-bond donors (Lipinski definition) is 2. The SMILES string of the molecule is CN1CCc2c(cc(Nc3ncc(Cl)c(-n4cc(CC(=O)O)c5cc(F)ccc54)n3)cc2OC2CC2)C1. The van der Waals surface area contributed by atoms with Gasteiger partial charge in [0.1, 0.15) is 16.6 Å². The molecule has 0 amide bonds. The smallest absolute Gasteiger partial charge is 0.307 e. The molecular formula is C27H25ClFN5O3. The maximum absolute atomic E-state index is 14.0. The third-order valence-corrected chi connectivity index (χ3v) is 6.97. The first-order valence-corrected chi connectivity index (χ1v) is 12.5. The molecule has 0 unspecified atom stereocenters. The fourth-order valence-corrected chi connectivity index (χ4v) is 4.99. The molecule has 0 atom stereocenters. The second kappa shape index (κ2) is 9.32. The van der Waals surface area contributed by atoms with Crippen LogP contribution in [0.2, 0.25) is 5.02 Å². The molecule has 190 valence electrons. The van der Waals surface area contributed by atoms with Crippen molar-refractivity contribution < 1.29 is 19.0 Å². The van der Waals surface area contributed by atoms with Crippen LogP contribution in [0.4, 0.5) is 16.0 Å². The molecule has 2 N–H and O–H groups in total. The van der Waals surface area contributed by atoms with Gasteiger partial charge in [-0.15, -0.1) is 0 Å². The highest BCUT2D eigenvalue weighted by atomic mass is 35.5. The summed E-state index contributed by atoms with van der Waals surface area (Å²) >= 11 is 6.49. The number of fused-ring (bicyclic) bond motifs is 2. The molecule has 0 bridgehead atoms. The second-order valence-electron chi connectivity index (χ2n) is 9.66. The first-order valence-electron chi connectivity index (χ1n) is 12.2. The summed E-state index contributed by atoms with van der Waals surface area (Å²) in [4.78, 5) is 22.7. The van der Waals surface area contributed by atoms with Crippen LogP contribution < -0.4 is 10.1 Å². The van der Waals surface area contributed by atoms with Crippen LogP contribution in [0.1, 0.15) is 29.5 Å². The maximum Gasteiger partial charge on any atom is 0.307 e. The number of carbonyl (C=O) groups is 1. The highest BCUT2D eigenvalue weighted by Gasteiger charge is 2.27. The van der Waals surface area contributed by atoms with E-state index in [-0.39, 0.29) is 17.5 Å². The highest BCUT2D eigenvalue weighted by Crippen LogP contribution is 2.37. The molecule has 8 nitrogen and oxygen atoms in total. The summed E-state index contributed by atoms with van der Waals surface area (Å²) in [6.07, 6.45) is 6.25. The second-order valence-corrected chi connectivity index (χ2v) is 10.1. The summed E-state index contributed by atoms with van der Waals surface area (Å²) in [5, 5.41) is 13.4. The normalized spacial score (nSPS) is 15.5. The van der Waals surface area contributed by atoms with E-state index in [1.165, 1.54) is 29.5 Å². The van der Waals surface area contributed by atoms with E-state index in [2.05, 4.69) is 33.3 Å². The van der Waals surface area contributed by atoms with Crippen molar-refractivity contribution in [3.8, 4) is 11.6 Å². The lowest BCUT2D eigenvalue weighted by atomic mass is 9.98. The van der Waals surface area contributed by atoms with Gasteiger partial charge in [-0.05, 0) is 61.7 Å². The molecule has 6 rings (SSSR count). The number of hydrogen-bond acceptors (Lipinski definition) is 6. The Bertz CT molecular complexity index is 1530. The Labute approximate surface area is 217 Å². The van der Waals surface area contributed by atoms with Gasteiger partial charge in [0.15, 0.2) is 5.82 Å². The molecule has 0 radical (unpaired) electrons. The van der Waals surface area contributed by atoms with Crippen LogP contribution in [0, 0.1) is 5.82 Å². The Balaban J connectivity index is 1.38. The van der Waals surface area contributed by atoms with Gasteiger partial charge in [-0.25, -0.2) is 9.37 Å². The predicted molar refractivity (Wildman–Crippen MR) is 139 cm³/mol. The number of likely N-dealkylation sites (N-methyl/N-ethyl adjacent to an activating group) is 1. The van der Waals surface area contributed by atoms with E-state index in [0.29, 0.717) is 28.2 Å². The molecule has 10 heteroatoms. The molecule has 3 heterocycles. The van der Waals surface area contributed by atoms with Crippen LogP contribution in [-0.4, -0.2) is 50.2 Å². The van der Waals surface area contributed by atoms with Gasteiger partial charge in [0.05, 0.1) is 24.2 Å². The highest BCUT2D eigenvalue weighted by molar-refractivity contribution is 6.32. The lowest BCUT2D eigenvalue weighted by Gasteiger charge is -2.27. The molecule has 1 aliphatic heterocycles. The Kier molecular flexibility index (Phi) is 5.97. The molecule has 2 aliphatic rings. The zero-order valence-electron chi connectivity index (χ0n) is 20.2. The van der Waals surface area contributed by atoms with E-state index in [4.69, 9.17) is 16.3 Å². The number of aliphatic carboxylic acids is 1. The molecule has 37 heavy (non-hydrogen) atoms. The van der Waals surface area contributed by atoms with Crippen molar-refractivity contribution in [1.29, 1.82) is 0 Å². The summed E-state index contributed by atoms with van der Waals surface area (Å²) < 4.78 is 21.9. The van der Waals surface area contributed by atoms with Crippen LogP contribution in [0.5, 0.6) is 5.75 Å². The van der Waals surface area contributed by atoms with Crippen molar-refractivity contribution in [3.63, 3.8) is 0 Å². The van der Waals surface area contributed by atoms with E-state index in [0.717, 1.165) is 43.8 Å². The number of nitrogens with one attached hydrogen (secondary N) is 1. The van der Waals surface area contributed by atoms with Crippen molar-refractivity contribution in [3.05, 3.63) is 70.3 Å². The van der Waals surface area contributed by atoms with Crippen LogP contribution in [0.3, 0.4) is 0 Å². The zero-order chi connectivity index (χ0) is 25.7. The van der Waals surface area contributed by atoms with Gasteiger partial charge in [0.25, 0.3) is 0 Å². The van der Waals surface area contributed by atoms with Crippen molar-refractivity contribution in [2.75, 3.05) is 18.9 Å². The Morgan fingerprint density at radius 2 is 2.14 bits per heavy atom. The van der Waals surface area contributed by atoms with Crippen molar-refractivity contribution in [2.24, 2.45) is 0 Å². The Morgan fingerprint density at radius 1 is 1.30 bits per heavy atom. The van der Waals surface area contributed by atoms with Gasteiger partial charge in [-0.3, -0.25) is 9.36 Å². The number of nitrogens with zero attached hydrogens (tertiary/aromatic N) is 4. The molecule has 4 aromatic rings. The van der Waals surface area contributed by atoms with Gasteiger partial charge in [-0.1, -0.05) is 11.6 Å². The number of carboxylic acid groups (broad SMARTS) is 1. The first kappa shape index (κ1) is 23.7. The fraction of sp³-hybridized carbons (Fsp3) is 0.296. The zero-order valence-corrected chi connectivity index (χ0v) is 20.9. The summed E-state index contributed by atoms with van der Waals surface area (Å²) in [5.74, 6) is 0.128. The van der Waals surface area contributed by atoms with Crippen LogP contribution in [0.25, 0.3) is 16.7 Å². The molecule has 2 aromatic carbocycles. The molecule has 1 aliphatic carbocycles. The summed E-state index contributed by atoms with van der Waals surface area (Å²) in [5.41, 5.74) is 4.34. The molecule has 1 fully saturated rings. The number of anilines is 2. The number of carboxylic acids is 1. The summed E-state index contributed by atoms with van der Waals surface area (Å²) in [6.45, 7) is 1.82. The quantitative estimate of drug-likeness (QED) is 0.349. The average molecular weight is 522 g/mol. The molecule has 0 spiro atoms. The minimum absolute atomic E-state index is 0.256. The van der Waals surface area contributed by atoms with Gasteiger partial charge < -0.3 is 20.1 Å². The lowest BCUT2D eigenvalue weighted by molar-refractivity contribution is -0.136. The van der Waals surface area contributed by atoms with Crippen LogP contribution in [-0.2, 0) is 24.2 Å². The molecular weight excluding hydrogens is 497 g/mol. The molecule has 1 saturated carbocycles. The van der Waals surface area contributed by atoms with Gasteiger partial charge in [0, 0.05) is 42.0 Å². The predicted octanol–water partition coefficient (Wildman–Crippen LogP) is 5.11. The molecule has 2 aromatic heterocycles. The number of rotatable bonds is 7. The summed E-state index contributed by atoms with van der Waals surface area (Å²) in [6, 6.07) is 8.33. The lowest BCUT2D eigenvalue weighted by Crippen LogP contribution is -2.27. The number of halogens is 2. The number of benzene rings is 2. The Morgan fingerprint density at radius 3 is 2.92 bits per heavy atom. The van der Waals surface area contributed by atoms with E-state index < -0.39 is 11.8 Å². The summed E-state index contributed by atoms with van der Waals surface area (Å²) in [7, 11) is 2.10. The minimum atomic E-state index is -1.01. The number of ether oxygens (including phenoxy) is 1. The van der Waals surface area contributed by atoms with Crippen molar-refractivity contribution in [2.45, 2.75) is 38.3 Å². The standard InChI is InChI=1S/C27H25ClFN5O3/c1-33-7-6-20-15(13-33)8-18(11-24(20)37-19-3-4-19)31-27-30-12-22(28)26(32-27)34-14-16(9-25(35)36)21-10-17(29)2-5-23(21)34/h2,5,8,10-12,14,19H,3-4,6-7,9,13H2,1H3,(H,35,36)(H,30,31,32). The van der Waals surface area contributed by atoms with Gasteiger partial charge in [0.2, 0.25) is 5.95 Å².